The molecule has 0 fully saturated rings. The van der Waals surface area contributed by atoms with Gasteiger partial charge in [-0.25, -0.2) is 0 Å². The summed E-state index contributed by atoms with van der Waals surface area (Å²) < 4.78 is 0. The summed E-state index contributed by atoms with van der Waals surface area (Å²) in [4.78, 5) is 0. The van der Waals surface area contributed by atoms with Crippen molar-refractivity contribution in [2.24, 2.45) is 0 Å². The van der Waals surface area contributed by atoms with Gasteiger partial charge in [0.05, 0.1) is 0 Å². The van der Waals surface area contributed by atoms with E-state index in [0.29, 0.717) is 0 Å². The van der Waals surface area contributed by atoms with Gasteiger partial charge in [-0.2, -0.15) is 0 Å². The van der Waals surface area contributed by atoms with Crippen LogP contribution in [0.2, 0.25) is 0 Å². The van der Waals surface area contributed by atoms with Crippen molar-refractivity contribution in [3.05, 3.63) is 228 Å². The highest BCUT2D eigenvalue weighted by Crippen LogP contribution is 2.34. The third kappa shape index (κ3) is 6.54. The number of rotatable bonds is 5. The highest BCUT2D eigenvalue weighted by Gasteiger charge is 2.11. The fourth-order valence-corrected chi connectivity index (χ4v) is 6.66. The summed E-state index contributed by atoms with van der Waals surface area (Å²) >= 11 is 0. The Morgan fingerprint density at radius 3 is 1.46 bits per heavy atom. The molecule has 0 atom stereocenters. The quantitative estimate of drug-likeness (QED) is 0.165. The lowest BCUT2D eigenvalue weighted by Crippen LogP contribution is -2.26. The molecule has 8 aromatic rings. The molecule has 0 saturated heterocycles. The van der Waals surface area contributed by atoms with Crippen LogP contribution in [0.4, 0.5) is 0 Å². The summed E-state index contributed by atoms with van der Waals surface area (Å²) in [7, 11) is 0. The van der Waals surface area contributed by atoms with E-state index in [1.807, 2.05) is 12.1 Å². The van der Waals surface area contributed by atoms with E-state index in [2.05, 4.69) is 206 Å². The molecule has 1 aliphatic carbocycles. The molecule has 0 radical (unpaired) electrons. The molecular formula is C50H34. The SMILES string of the molecule is C1=C=c2ccccc2=C(c2cc(-c3ccccc3)cc(-c3cccc4ccccc34)c2)C=1.c1ccc(-c2ccc(-c3ccccc3)cc2)cc1. The van der Waals surface area contributed by atoms with E-state index in [1.165, 1.54) is 71.6 Å². The Labute approximate surface area is 293 Å². The maximum atomic E-state index is 3.25. The summed E-state index contributed by atoms with van der Waals surface area (Å²) in [6.45, 7) is 0. The number of hydrogen-bond donors (Lipinski definition) is 0. The van der Waals surface area contributed by atoms with E-state index >= 15 is 0 Å². The van der Waals surface area contributed by atoms with Crippen molar-refractivity contribution in [1.29, 1.82) is 0 Å². The molecule has 0 spiro atoms. The Bertz CT molecular complexity index is 2560. The molecule has 0 heterocycles. The van der Waals surface area contributed by atoms with E-state index in [1.54, 1.807) is 0 Å². The molecule has 234 valence electrons. The first-order chi connectivity index (χ1) is 24.8. The van der Waals surface area contributed by atoms with Crippen molar-refractivity contribution in [2.75, 3.05) is 0 Å². The summed E-state index contributed by atoms with van der Waals surface area (Å²) in [5.74, 6) is 0. The van der Waals surface area contributed by atoms with Crippen LogP contribution in [0.3, 0.4) is 0 Å². The van der Waals surface area contributed by atoms with Gasteiger partial charge < -0.3 is 0 Å². The molecule has 0 saturated carbocycles. The standard InChI is InChI=1S/C32H20.C18H14/c1-2-10-23(11-3-1)26-20-27(31-18-8-14-24-12-4-6-16-29(24)31)22-28(21-26)32-19-9-15-25-13-5-7-17-30(25)32;1-3-7-15(8-4-1)17-11-13-18(14-12-17)16-9-5-2-6-10-16/h1-8,10-14,16-22H;1-14H. The zero-order valence-electron chi connectivity index (χ0n) is 27.6. The summed E-state index contributed by atoms with van der Waals surface area (Å²) in [6, 6.07) is 70.7. The largest absolute Gasteiger partial charge is 0.0689 e. The molecule has 0 aliphatic heterocycles. The van der Waals surface area contributed by atoms with Gasteiger partial charge in [-0.1, -0.05) is 187 Å². The normalized spacial score (nSPS) is 11.3. The Morgan fingerprint density at radius 2 is 0.800 bits per heavy atom. The van der Waals surface area contributed by atoms with Crippen molar-refractivity contribution >= 4 is 22.1 Å². The fraction of sp³-hybridized carbons (Fsp3) is 0. The molecule has 9 rings (SSSR count). The minimum Gasteiger partial charge on any atom is -0.0689 e. The van der Waals surface area contributed by atoms with E-state index in [9.17, 15) is 0 Å². The van der Waals surface area contributed by atoms with Crippen LogP contribution >= 0.6 is 0 Å². The molecule has 0 N–H and O–H groups in total. The lowest BCUT2D eigenvalue weighted by molar-refractivity contribution is 1.47. The van der Waals surface area contributed by atoms with E-state index in [0.717, 1.165) is 5.22 Å². The first kappa shape index (κ1) is 30.6. The monoisotopic (exact) mass is 634 g/mol. The summed E-state index contributed by atoms with van der Waals surface area (Å²) in [6.07, 6.45) is 2.05. The first-order valence-electron chi connectivity index (χ1n) is 17.0. The third-order valence-electron chi connectivity index (χ3n) is 9.19. The zero-order valence-corrected chi connectivity index (χ0v) is 27.6. The molecule has 50 heavy (non-hydrogen) atoms. The van der Waals surface area contributed by atoms with Crippen LogP contribution in [0.25, 0.3) is 66.6 Å². The first-order valence-corrected chi connectivity index (χ1v) is 17.0. The number of allylic oxidation sites excluding steroid dienone is 1. The van der Waals surface area contributed by atoms with Gasteiger partial charge in [0.1, 0.15) is 0 Å². The number of benzene rings is 8. The van der Waals surface area contributed by atoms with Gasteiger partial charge >= 0.3 is 0 Å². The van der Waals surface area contributed by atoms with Crippen molar-refractivity contribution in [1.82, 2.24) is 0 Å². The fourth-order valence-electron chi connectivity index (χ4n) is 6.66. The summed E-state index contributed by atoms with van der Waals surface area (Å²) in [5, 5.41) is 4.80. The predicted molar refractivity (Wildman–Crippen MR) is 212 cm³/mol. The van der Waals surface area contributed by atoms with Crippen LogP contribution in [0.15, 0.2) is 212 Å². The Kier molecular flexibility index (Phi) is 8.71. The van der Waals surface area contributed by atoms with Crippen molar-refractivity contribution in [2.45, 2.75) is 0 Å². The average molecular weight is 635 g/mol. The molecule has 0 aromatic heterocycles. The van der Waals surface area contributed by atoms with Gasteiger partial charge in [0.25, 0.3) is 0 Å². The maximum Gasteiger partial charge on any atom is 0.0327 e. The third-order valence-corrected chi connectivity index (χ3v) is 9.19. The van der Waals surface area contributed by atoms with Crippen LogP contribution in [-0.4, -0.2) is 0 Å². The lowest BCUT2D eigenvalue weighted by Gasteiger charge is -2.14. The second-order valence-corrected chi connectivity index (χ2v) is 12.4. The lowest BCUT2D eigenvalue weighted by atomic mass is 9.90. The number of hydrogen-bond acceptors (Lipinski definition) is 0. The number of fused-ring (bicyclic) bond motifs is 2. The van der Waals surface area contributed by atoms with Crippen LogP contribution in [-0.2, 0) is 0 Å². The van der Waals surface area contributed by atoms with Crippen LogP contribution < -0.4 is 10.4 Å². The molecule has 0 nitrogen and oxygen atoms in total. The van der Waals surface area contributed by atoms with E-state index in [-0.39, 0.29) is 0 Å². The van der Waals surface area contributed by atoms with Gasteiger partial charge in [0.2, 0.25) is 0 Å². The molecule has 1 aliphatic rings. The highest BCUT2D eigenvalue weighted by molar-refractivity contribution is 5.98. The predicted octanol–water partition coefficient (Wildman–Crippen LogP) is 11.5. The van der Waals surface area contributed by atoms with Crippen LogP contribution in [0.5, 0.6) is 0 Å². The van der Waals surface area contributed by atoms with Crippen LogP contribution in [0, 0.1) is 0 Å². The molecule has 8 aromatic carbocycles. The zero-order chi connectivity index (χ0) is 33.5. The van der Waals surface area contributed by atoms with E-state index in [4.69, 9.17) is 0 Å². The minimum absolute atomic E-state index is 1.09. The van der Waals surface area contributed by atoms with Crippen LogP contribution in [0.1, 0.15) is 5.56 Å². The second kappa shape index (κ2) is 14.2. The Balaban J connectivity index is 0.000000170. The van der Waals surface area contributed by atoms with Gasteiger partial charge in [-0.3, -0.25) is 0 Å². The van der Waals surface area contributed by atoms with Crippen molar-refractivity contribution in [3.8, 4) is 44.5 Å². The van der Waals surface area contributed by atoms with Gasteiger partial charge in [-0.05, 0) is 102 Å². The Hall–Kier alpha value is -6.68. The minimum atomic E-state index is 1.09. The summed E-state index contributed by atoms with van der Waals surface area (Å²) in [5.41, 5.74) is 18.8. The molecule has 0 amide bonds. The van der Waals surface area contributed by atoms with Crippen molar-refractivity contribution in [3.63, 3.8) is 0 Å². The Morgan fingerprint density at radius 1 is 0.320 bits per heavy atom. The van der Waals surface area contributed by atoms with Gasteiger partial charge in [0, 0.05) is 5.22 Å². The van der Waals surface area contributed by atoms with E-state index < -0.39 is 0 Å². The molecular weight excluding hydrogens is 601 g/mol. The second-order valence-electron chi connectivity index (χ2n) is 12.4. The van der Waals surface area contributed by atoms with Gasteiger partial charge in [-0.15, -0.1) is 0 Å². The van der Waals surface area contributed by atoms with Crippen molar-refractivity contribution < 1.29 is 0 Å². The molecule has 0 unspecified atom stereocenters. The van der Waals surface area contributed by atoms with Gasteiger partial charge in [0.15, 0.2) is 0 Å². The topological polar surface area (TPSA) is 0 Å². The average Bonchev–Trinajstić information content (AvgIpc) is 3.21. The smallest absolute Gasteiger partial charge is 0.0327 e. The highest BCUT2D eigenvalue weighted by atomic mass is 14.1. The maximum absolute atomic E-state index is 3.25. The molecule has 0 heteroatoms. The molecule has 0 bridgehead atoms.